The first kappa shape index (κ1) is 7.61. The molecular formula is C8H13N3O. The summed E-state index contributed by atoms with van der Waals surface area (Å²) in [5.74, 6) is 0. The lowest BCUT2D eigenvalue weighted by Crippen LogP contribution is -2.09. The topological polar surface area (TPSA) is 53.1 Å². The summed E-state index contributed by atoms with van der Waals surface area (Å²) in [4.78, 5) is 4.29. The molecule has 0 fully saturated rings. The monoisotopic (exact) mass is 167 g/mol. The third kappa shape index (κ3) is 0.992. The van der Waals surface area contributed by atoms with E-state index in [1.165, 1.54) is 5.69 Å². The molecule has 2 heterocycles. The van der Waals surface area contributed by atoms with E-state index in [0.717, 1.165) is 31.3 Å². The quantitative estimate of drug-likeness (QED) is 0.679. The number of nitrogens with two attached hydrogens (primary N) is 1. The van der Waals surface area contributed by atoms with Gasteiger partial charge >= 0.3 is 0 Å². The molecule has 0 saturated carbocycles. The first-order valence-corrected chi connectivity index (χ1v) is 4.22. The Balaban J connectivity index is 2.38. The molecule has 0 aromatic carbocycles. The summed E-state index contributed by atoms with van der Waals surface area (Å²) >= 11 is 0. The molecule has 66 valence electrons. The fourth-order valence-electron chi connectivity index (χ4n) is 1.60. The molecule has 1 aromatic heterocycles. The van der Waals surface area contributed by atoms with Crippen LogP contribution in [-0.2, 0) is 13.0 Å². The van der Waals surface area contributed by atoms with Crippen molar-refractivity contribution in [1.82, 2.24) is 9.55 Å². The van der Waals surface area contributed by atoms with Gasteiger partial charge in [-0.1, -0.05) is 0 Å². The molecule has 1 aromatic rings. The van der Waals surface area contributed by atoms with Crippen molar-refractivity contribution in [2.45, 2.75) is 19.9 Å². The number of imidazole rings is 1. The molecule has 1 aliphatic rings. The highest BCUT2D eigenvalue weighted by Crippen LogP contribution is 2.21. The van der Waals surface area contributed by atoms with E-state index in [1.807, 2.05) is 6.92 Å². The van der Waals surface area contributed by atoms with Gasteiger partial charge in [0.25, 0.3) is 6.01 Å². The third-order valence-electron chi connectivity index (χ3n) is 2.16. The molecular weight excluding hydrogens is 154 g/mol. The van der Waals surface area contributed by atoms with Crippen LogP contribution in [0.15, 0.2) is 0 Å². The van der Waals surface area contributed by atoms with Crippen LogP contribution in [0.5, 0.6) is 6.01 Å². The minimum atomic E-state index is 0.673. The summed E-state index contributed by atoms with van der Waals surface area (Å²) in [7, 11) is 0. The van der Waals surface area contributed by atoms with Crippen molar-refractivity contribution < 1.29 is 4.74 Å². The normalized spacial score (nSPS) is 14.5. The zero-order valence-electron chi connectivity index (χ0n) is 7.21. The molecule has 0 bridgehead atoms. The lowest BCUT2D eigenvalue weighted by molar-refractivity contribution is 0.344. The maximum Gasteiger partial charge on any atom is 0.296 e. The summed E-state index contributed by atoms with van der Waals surface area (Å²) in [6.07, 6.45) is 0.891. The molecule has 4 nitrogen and oxygen atoms in total. The van der Waals surface area contributed by atoms with Crippen molar-refractivity contribution in [3.8, 4) is 6.01 Å². The van der Waals surface area contributed by atoms with Crippen molar-refractivity contribution in [2.75, 3.05) is 13.2 Å². The van der Waals surface area contributed by atoms with Crippen LogP contribution in [0.4, 0.5) is 0 Å². The number of aromatic nitrogens is 2. The van der Waals surface area contributed by atoms with Crippen LogP contribution in [-0.4, -0.2) is 22.7 Å². The van der Waals surface area contributed by atoms with Gasteiger partial charge in [-0.15, -0.1) is 0 Å². The van der Waals surface area contributed by atoms with E-state index in [-0.39, 0.29) is 0 Å². The Kier molecular flexibility index (Phi) is 1.77. The van der Waals surface area contributed by atoms with Crippen molar-refractivity contribution in [3.63, 3.8) is 0 Å². The Hall–Kier alpha value is -1.03. The predicted octanol–water partition coefficient (Wildman–Crippen LogP) is 0.0851. The van der Waals surface area contributed by atoms with Gasteiger partial charge in [-0.25, -0.2) is 4.98 Å². The van der Waals surface area contributed by atoms with Gasteiger partial charge in [0.2, 0.25) is 0 Å². The minimum Gasteiger partial charge on any atom is -0.463 e. The summed E-state index contributed by atoms with van der Waals surface area (Å²) in [5.41, 5.74) is 7.78. The van der Waals surface area contributed by atoms with Gasteiger partial charge < -0.3 is 10.5 Å². The molecule has 0 unspecified atom stereocenters. The molecule has 1 aliphatic heterocycles. The molecule has 0 aliphatic carbocycles. The second-order valence-corrected chi connectivity index (χ2v) is 2.97. The van der Waals surface area contributed by atoms with Crippen LogP contribution in [0.3, 0.4) is 0 Å². The number of hydrogen-bond acceptors (Lipinski definition) is 3. The lowest BCUT2D eigenvalue weighted by Gasteiger charge is -2.01. The largest absolute Gasteiger partial charge is 0.463 e. The molecule has 0 spiro atoms. The van der Waals surface area contributed by atoms with Crippen molar-refractivity contribution in [3.05, 3.63) is 11.4 Å². The molecule has 12 heavy (non-hydrogen) atoms. The van der Waals surface area contributed by atoms with Crippen molar-refractivity contribution >= 4 is 0 Å². The van der Waals surface area contributed by atoms with E-state index in [1.54, 1.807) is 0 Å². The van der Waals surface area contributed by atoms with Gasteiger partial charge in [-0.3, -0.25) is 4.57 Å². The summed E-state index contributed by atoms with van der Waals surface area (Å²) in [5, 5.41) is 0. The van der Waals surface area contributed by atoms with Crippen LogP contribution >= 0.6 is 0 Å². The van der Waals surface area contributed by atoms with Gasteiger partial charge in [-0.05, 0) is 13.5 Å². The fraction of sp³-hybridized carbons (Fsp3) is 0.625. The van der Waals surface area contributed by atoms with Crippen LogP contribution in [0.1, 0.15) is 11.4 Å². The Morgan fingerprint density at radius 1 is 1.67 bits per heavy atom. The number of nitrogens with zero attached hydrogens (tertiary/aromatic N) is 2. The molecule has 2 rings (SSSR count). The Labute approximate surface area is 71.3 Å². The average Bonchev–Trinajstić information content (AvgIpc) is 2.56. The summed E-state index contributed by atoms with van der Waals surface area (Å²) < 4.78 is 7.43. The first-order chi connectivity index (χ1) is 5.83. The van der Waals surface area contributed by atoms with Crippen LogP contribution in [0.2, 0.25) is 0 Å². The first-order valence-electron chi connectivity index (χ1n) is 4.22. The molecule has 0 atom stereocenters. The number of aryl methyl sites for hydroxylation is 1. The van der Waals surface area contributed by atoms with Gasteiger partial charge in [0.1, 0.15) is 6.61 Å². The summed E-state index contributed by atoms with van der Waals surface area (Å²) in [6.45, 7) is 4.34. The second kappa shape index (κ2) is 2.79. The highest BCUT2D eigenvalue weighted by atomic mass is 16.5. The van der Waals surface area contributed by atoms with Crippen LogP contribution in [0.25, 0.3) is 0 Å². The van der Waals surface area contributed by atoms with Crippen LogP contribution in [0, 0.1) is 6.92 Å². The van der Waals surface area contributed by atoms with E-state index < -0.39 is 0 Å². The van der Waals surface area contributed by atoms with Gasteiger partial charge in [-0.2, -0.15) is 0 Å². The summed E-state index contributed by atoms with van der Waals surface area (Å²) in [6, 6.07) is 0.760. The average molecular weight is 167 g/mol. The SMILES string of the molecule is Cc1nc2n(c1CCN)CCO2. The van der Waals surface area contributed by atoms with E-state index in [4.69, 9.17) is 10.5 Å². The molecule has 4 heteroatoms. The highest BCUT2D eigenvalue weighted by molar-refractivity contribution is 5.21. The zero-order chi connectivity index (χ0) is 8.55. The molecule has 0 amide bonds. The van der Waals surface area contributed by atoms with Gasteiger partial charge in [0.15, 0.2) is 0 Å². The number of rotatable bonds is 2. The number of ether oxygens (including phenoxy) is 1. The smallest absolute Gasteiger partial charge is 0.296 e. The van der Waals surface area contributed by atoms with Gasteiger partial charge in [0.05, 0.1) is 12.2 Å². The standard InChI is InChI=1S/C8H13N3O/c1-6-7(2-3-9)11-4-5-12-8(11)10-6/h2-5,9H2,1H3. The van der Waals surface area contributed by atoms with Gasteiger partial charge in [0, 0.05) is 12.1 Å². The van der Waals surface area contributed by atoms with E-state index in [9.17, 15) is 0 Å². The Morgan fingerprint density at radius 3 is 3.25 bits per heavy atom. The van der Waals surface area contributed by atoms with E-state index in [0.29, 0.717) is 6.54 Å². The second-order valence-electron chi connectivity index (χ2n) is 2.97. The van der Waals surface area contributed by atoms with Crippen molar-refractivity contribution in [2.24, 2.45) is 5.73 Å². The Morgan fingerprint density at radius 2 is 2.50 bits per heavy atom. The maximum absolute atomic E-state index is 5.50. The van der Waals surface area contributed by atoms with Crippen molar-refractivity contribution in [1.29, 1.82) is 0 Å². The number of hydrogen-bond donors (Lipinski definition) is 1. The highest BCUT2D eigenvalue weighted by Gasteiger charge is 2.19. The molecule has 0 radical (unpaired) electrons. The predicted molar refractivity (Wildman–Crippen MR) is 45.2 cm³/mol. The zero-order valence-corrected chi connectivity index (χ0v) is 7.21. The molecule has 0 saturated heterocycles. The minimum absolute atomic E-state index is 0.673. The van der Waals surface area contributed by atoms with Crippen LogP contribution < -0.4 is 10.5 Å². The number of fused-ring (bicyclic) bond motifs is 1. The molecule has 2 N–H and O–H groups in total. The Bertz CT molecular complexity index is 293. The van der Waals surface area contributed by atoms with E-state index in [2.05, 4.69) is 9.55 Å². The maximum atomic E-state index is 5.50. The lowest BCUT2D eigenvalue weighted by atomic mass is 10.2. The van der Waals surface area contributed by atoms with E-state index >= 15 is 0 Å². The fourth-order valence-corrected chi connectivity index (χ4v) is 1.60. The third-order valence-corrected chi connectivity index (χ3v) is 2.16.